The summed E-state index contributed by atoms with van der Waals surface area (Å²) in [5, 5.41) is 1.22. The molecule has 0 bridgehead atoms. The Morgan fingerprint density at radius 2 is 0.778 bits per heavy atom. The monoisotopic (exact) mass is 566 g/mol. The number of aromatic nitrogens is 2. The van der Waals surface area contributed by atoms with Gasteiger partial charge in [-0.1, -0.05) is 22.7 Å². The molecule has 0 radical (unpaired) electrons. The van der Waals surface area contributed by atoms with Crippen molar-refractivity contribution in [2.45, 2.75) is 0 Å². The third-order valence-electron chi connectivity index (χ3n) is 5.12. The van der Waals surface area contributed by atoms with Gasteiger partial charge in [0.05, 0.1) is 20.9 Å². The van der Waals surface area contributed by atoms with Crippen LogP contribution >= 0.6 is 45.3 Å². The van der Waals surface area contributed by atoms with Crippen molar-refractivity contribution in [1.29, 1.82) is 0 Å². The van der Waals surface area contributed by atoms with E-state index in [1.807, 2.05) is 0 Å². The van der Waals surface area contributed by atoms with Gasteiger partial charge in [0, 0.05) is 34.0 Å². The van der Waals surface area contributed by atoms with Crippen LogP contribution in [0.25, 0.3) is 50.3 Å². The molecule has 0 aliphatic rings. The van der Waals surface area contributed by atoms with E-state index < -0.39 is 34.9 Å². The van der Waals surface area contributed by atoms with Crippen LogP contribution in [0.5, 0.6) is 0 Å². The number of fused-ring (bicyclic) bond motifs is 1. The van der Waals surface area contributed by atoms with Gasteiger partial charge in [0.25, 0.3) is 0 Å². The predicted octanol–water partition coefficient (Wildman–Crippen LogP) is 9.38. The standard InChI is InChI=1S/C24H8F6N2S4/c25-9-5-11(27)19(12(28)6-9)15-1-3-17(33-15)21-31-23-24(35-21)32-22(36-23)18-4-2-16(34-18)20-13(29)7-10(26)8-14(20)30/h1-8H. The molecule has 0 saturated heterocycles. The van der Waals surface area contributed by atoms with E-state index >= 15 is 0 Å². The molecule has 0 aliphatic heterocycles. The molecular weight excluding hydrogens is 559 g/mol. The molecule has 6 aromatic rings. The van der Waals surface area contributed by atoms with Crippen LogP contribution in [0.1, 0.15) is 0 Å². The third-order valence-corrected chi connectivity index (χ3v) is 9.69. The van der Waals surface area contributed by atoms with Crippen LogP contribution in [0.15, 0.2) is 48.5 Å². The van der Waals surface area contributed by atoms with E-state index in [1.54, 1.807) is 24.3 Å². The van der Waals surface area contributed by atoms with E-state index in [2.05, 4.69) is 9.97 Å². The lowest BCUT2D eigenvalue weighted by Gasteiger charge is -2.02. The minimum absolute atomic E-state index is 0.297. The van der Waals surface area contributed by atoms with Gasteiger partial charge in [-0.2, -0.15) is 0 Å². The van der Waals surface area contributed by atoms with Gasteiger partial charge in [-0.25, -0.2) is 36.3 Å². The maximum absolute atomic E-state index is 14.2. The summed E-state index contributed by atoms with van der Waals surface area (Å²) >= 11 is 4.83. The molecule has 12 heteroatoms. The van der Waals surface area contributed by atoms with E-state index in [9.17, 15) is 26.3 Å². The lowest BCUT2D eigenvalue weighted by Crippen LogP contribution is -1.90. The minimum Gasteiger partial charge on any atom is -0.222 e. The first kappa shape index (κ1) is 23.3. The first-order valence-corrected chi connectivity index (χ1v) is 13.3. The second-order valence-electron chi connectivity index (χ2n) is 7.47. The van der Waals surface area contributed by atoms with Crippen LogP contribution in [-0.4, -0.2) is 9.97 Å². The van der Waals surface area contributed by atoms with Crippen molar-refractivity contribution in [3.8, 4) is 40.7 Å². The Bertz CT molecular complexity index is 1580. The number of nitrogens with zero attached hydrogens (tertiary/aromatic N) is 2. The number of halogens is 6. The fraction of sp³-hybridized carbons (Fsp3) is 0. The summed E-state index contributed by atoms with van der Waals surface area (Å²) < 4.78 is 83.1. The SMILES string of the molecule is Fc1cc(F)c(-c2ccc(-c3nc4sc(-c5ccc(-c6c(F)cc(F)cc6F)s5)nc4s3)s2)c(F)c1. The highest BCUT2D eigenvalue weighted by Gasteiger charge is 2.20. The highest BCUT2D eigenvalue weighted by molar-refractivity contribution is 7.32. The van der Waals surface area contributed by atoms with Crippen LogP contribution in [0, 0.1) is 34.9 Å². The van der Waals surface area contributed by atoms with Gasteiger partial charge in [-0.3, -0.25) is 0 Å². The van der Waals surface area contributed by atoms with Gasteiger partial charge in [0.2, 0.25) is 0 Å². The molecule has 0 N–H and O–H groups in total. The highest BCUT2D eigenvalue weighted by Crippen LogP contribution is 2.44. The normalized spacial score (nSPS) is 11.6. The molecule has 4 heterocycles. The highest BCUT2D eigenvalue weighted by atomic mass is 32.1. The minimum atomic E-state index is -0.988. The third kappa shape index (κ3) is 4.03. The van der Waals surface area contributed by atoms with Crippen molar-refractivity contribution < 1.29 is 26.3 Å². The first-order valence-electron chi connectivity index (χ1n) is 10.0. The summed E-state index contributed by atoms with van der Waals surface area (Å²) in [6, 6.07) is 9.01. The van der Waals surface area contributed by atoms with Crippen molar-refractivity contribution in [2.24, 2.45) is 0 Å². The lowest BCUT2D eigenvalue weighted by atomic mass is 10.1. The summed E-state index contributed by atoms with van der Waals surface area (Å²) in [5.41, 5.74) is -0.595. The molecule has 2 nitrogen and oxygen atoms in total. The van der Waals surface area contributed by atoms with E-state index in [0.717, 1.165) is 22.7 Å². The molecule has 0 aliphatic carbocycles. The van der Waals surface area contributed by atoms with E-state index in [0.29, 0.717) is 63.5 Å². The predicted molar refractivity (Wildman–Crippen MR) is 133 cm³/mol. The summed E-state index contributed by atoms with van der Waals surface area (Å²) in [6.45, 7) is 0. The number of hydrogen-bond acceptors (Lipinski definition) is 6. The van der Waals surface area contributed by atoms with Crippen LogP contribution < -0.4 is 0 Å². The Morgan fingerprint density at radius 3 is 1.14 bits per heavy atom. The van der Waals surface area contributed by atoms with Crippen LogP contribution in [-0.2, 0) is 0 Å². The van der Waals surface area contributed by atoms with Gasteiger partial charge < -0.3 is 0 Å². The molecule has 0 atom stereocenters. The first-order chi connectivity index (χ1) is 17.3. The number of thiophene rings is 2. The Labute approximate surface area is 214 Å². The molecule has 6 rings (SSSR count). The van der Waals surface area contributed by atoms with Crippen molar-refractivity contribution in [2.75, 3.05) is 0 Å². The van der Waals surface area contributed by atoms with Crippen LogP contribution in [0.2, 0.25) is 0 Å². The zero-order valence-corrected chi connectivity index (χ0v) is 20.7. The molecule has 0 spiro atoms. The van der Waals surface area contributed by atoms with E-state index in [1.165, 1.54) is 22.7 Å². The van der Waals surface area contributed by atoms with Gasteiger partial charge in [-0.05, 0) is 24.3 Å². The van der Waals surface area contributed by atoms with Gasteiger partial charge in [0.15, 0.2) is 9.66 Å². The Hall–Kier alpha value is -3.06. The molecule has 4 aromatic heterocycles. The molecular formula is C24H8F6N2S4. The average Bonchev–Trinajstić information content (AvgIpc) is 3.55. The Morgan fingerprint density at radius 1 is 0.444 bits per heavy atom. The van der Waals surface area contributed by atoms with Crippen LogP contribution in [0.4, 0.5) is 26.3 Å². The number of benzene rings is 2. The van der Waals surface area contributed by atoms with Crippen molar-refractivity contribution in [3.63, 3.8) is 0 Å². The van der Waals surface area contributed by atoms with Crippen molar-refractivity contribution in [1.82, 2.24) is 9.97 Å². The number of thiazole rings is 2. The molecule has 36 heavy (non-hydrogen) atoms. The Kier molecular flexibility index (Phi) is 5.71. The summed E-state index contributed by atoms with van der Waals surface area (Å²) in [4.78, 5) is 12.4. The van der Waals surface area contributed by atoms with Crippen molar-refractivity contribution in [3.05, 3.63) is 83.4 Å². The summed E-state index contributed by atoms with van der Waals surface area (Å²) in [6.07, 6.45) is 0. The van der Waals surface area contributed by atoms with E-state index in [4.69, 9.17) is 0 Å². The zero-order valence-electron chi connectivity index (χ0n) is 17.4. The maximum atomic E-state index is 14.2. The van der Waals surface area contributed by atoms with Crippen molar-refractivity contribution >= 4 is 55.0 Å². The van der Waals surface area contributed by atoms with Gasteiger partial charge in [-0.15, -0.1) is 22.7 Å². The van der Waals surface area contributed by atoms with Gasteiger partial charge in [0.1, 0.15) is 44.9 Å². The maximum Gasteiger partial charge on any atom is 0.155 e. The fourth-order valence-electron chi connectivity index (χ4n) is 3.58. The van der Waals surface area contributed by atoms with Gasteiger partial charge >= 0.3 is 0 Å². The summed E-state index contributed by atoms with van der Waals surface area (Å²) in [5.74, 6) is -5.91. The molecule has 0 amide bonds. The average molecular weight is 567 g/mol. The zero-order chi connectivity index (χ0) is 25.1. The second-order valence-corrected chi connectivity index (χ2v) is 11.6. The molecule has 2 aromatic carbocycles. The lowest BCUT2D eigenvalue weighted by molar-refractivity contribution is 0.547. The number of hydrogen-bond donors (Lipinski definition) is 0. The topological polar surface area (TPSA) is 25.8 Å². The molecule has 0 fully saturated rings. The Balaban J connectivity index is 1.30. The number of rotatable bonds is 4. The summed E-state index contributed by atoms with van der Waals surface area (Å²) in [7, 11) is 0. The van der Waals surface area contributed by atoms with E-state index in [-0.39, 0.29) is 11.1 Å². The second kappa shape index (κ2) is 8.80. The fourth-order valence-corrected chi connectivity index (χ4v) is 7.84. The molecule has 0 saturated carbocycles. The molecule has 0 unspecified atom stereocenters. The molecule has 180 valence electrons. The van der Waals surface area contributed by atoms with Crippen LogP contribution in [0.3, 0.4) is 0 Å². The smallest absolute Gasteiger partial charge is 0.155 e. The largest absolute Gasteiger partial charge is 0.222 e. The quantitative estimate of drug-likeness (QED) is 0.199.